The normalized spacial score (nSPS) is 45.3. The predicted molar refractivity (Wildman–Crippen MR) is 44.2 cm³/mol. The van der Waals surface area contributed by atoms with Crippen LogP contribution in [0.2, 0.25) is 0 Å². The summed E-state index contributed by atoms with van der Waals surface area (Å²) >= 11 is 0. The molecule has 0 amide bonds. The van der Waals surface area contributed by atoms with E-state index in [1.165, 1.54) is 0 Å². The van der Waals surface area contributed by atoms with Crippen LogP contribution in [0.4, 0.5) is 0 Å². The van der Waals surface area contributed by atoms with E-state index in [-0.39, 0.29) is 5.60 Å². The van der Waals surface area contributed by atoms with Gasteiger partial charge in [-0.3, -0.25) is 0 Å². The zero-order valence-electron chi connectivity index (χ0n) is 7.85. The molecule has 0 aromatic rings. The van der Waals surface area contributed by atoms with Crippen molar-refractivity contribution in [1.29, 1.82) is 0 Å². The summed E-state index contributed by atoms with van der Waals surface area (Å²) < 4.78 is 5.55. The molecule has 0 bridgehead atoms. The molecule has 1 rings (SSSR count). The van der Waals surface area contributed by atoms with Crippen LogP contribution in [0, 0.1) is 5.92 Å². The average molecular weight is 158 g/mol. The van der Waals surface area contributed by atoms with E-state index in [1.807, 2.05) is 0 Å². The second kappa shape index (κ2) is 2.46. The first-order valence-electron chi connectivity index (χ1n) is 4.28. The van der Waals surface area contributed by atoms with Crippen LogP contribution in [0.5, 0.6) is 0 Å². The Morgan fingerprint density at radius 1 is 1.27 bits per heavy atom. The van der Waals surface area contributed by atoms with Crippen LogP contribution in [0.25, 0.3) is 0 Å². The van der Waals surface area contributed by atoms with Crippen LogP contribution in [0.15, 0.2) is 0 Å². The Bertz CT molecular complexity index is 152. The highest BCUT2D eigenvalue weighted by Gasteiger charge is 2.44. The van der Waals surface area contributed by atoms with E-state index in [0.29, 0.717) is 5.92 Å². The van der Waals surface area contributed by atoms with Gasteiger partial charge < -0.3 is 9.84 Å². The van der Waals surface area contributed by atoms with Gasteiger partial charge in [-0.05, 0) is 26.2 Å². The molecule has 1 aliphatic rings. The van der Waals surface area contributed by atoms with E-state index in [1.54, 1.807) is 6.92 Å². The molecule has 0 radical (unpaired) electrons. The molecule has 0 saturated carbocycles. The van der Waals surface area contributed by atoms with Gasteiger partial charge in [0.25, 0.3) is 0 Å². The molecule has 1 heterocycles. The zero-order chi connectivity index (χ0) is 8.70. The summed E-state index contributed by atoms with van der Waals surface area (Å²) in [6.07, 6.45) is 1.71. The van der Waals surface area contributed by atoms with E-state index in [0.717, 1.165) is 12.8 Å². The number of rotatable bonds is 1. The third-order valence-electron chi connectivity index (χ3n) is 2.76. The van der Waals surface area contributed by atoms with Crippen molar-refractivity contribution in [3.8, 4) is 0 Å². The number of aliphatic hydroxyl groups is 1. The Balaban J connectivity index is 2.65. The van der Waals surface area contributed by atoms with Crippen molar-refractivity contribution < 1.29 is 9.84 Å². The molecule has 1 aliphatic heterocycles. The summed E-state index contributed by atoms with van der Waals surface area (Å²) in [6.45, 7) is 8.06. The molecule has 0 aliphatic carbocycles. The fourth-order valence-electron chi connectivity index (χ4n) is 1.49. The topological polar surface area (TPSA) is 29.5 Å². The molecule has 0 aromatic carbocycles. The Morgan fingerprint density at radius 3 is 2.00 bits per heavy atom. The minimum absolute atomic E-state index is 0.122. The minimum atomic E-state index is -0.890. The van der Waals surface area contributed by atoms with Gasteiger partial charge >= 0.3 is 0 Å². The van der Waals surface area contributed by atoms with Gasteiger partial charge in [0.1, 0.15) is 0 Å². The summed E-state index contributed by atoms with van der Waals surface area (Å²) in [4.78, 5) is 0. The fourth-order valence-corrected chi connectivity index (χ4v) is 1.49. The standard InChI is InChI=1S/C9H18O2/c1-7(2)8(3)5-6-9(4,10)11-8/h7,10H,5-6H2,1-4H3/t8-,9-/m0/s1. The maximum absolute atomic E-state index is 9.56. The summed E-state index contributed by atoms with van der Waals surface area (Å²) in [5, 5.41) is 9.56. The van der Waals surface area contributed by atoms with Crippen molar-refractivity contribution in [1.82, 2.24) is 0 Å². The van der Waals surface area contributed by atoms with Crippen LogP contribution in [0.1, 0.15) is 40.5 Å². The molecule has 1 N–H and O–H groups in total. The van der Waals surface area contributed by atoms with Gasteiger partial charge in [0.05, 0.1) is 5.60 Å². The smallest absolute Gasteiger partial charge is 0.163 e. The number of hydrogen-bond acceptors (Lipinski definition) is 2. The van der Waals surface area contributed by atoms with Gasteiger partial charge in [-0.2, -0.15) is 0 Å². The molecule has 11 heavy (non-hydrogen) atoms. The SMILES string of the molecule is CC(C)[C@]1(C)CC[C@@](C)(O)O1. The van der Waals surface area contributed by atoms with E-state index >= 15 is 0 Å². The monoisotopic (exact) mass is 158 g/mol. The quantitative estimate of drug-likeness (QED) is 0.631. The van der Waals surface area contributed by atoms with Gasteiger partial charge in [-0.15, -0.1) is 0 Å². The lowest BCUT2D eigenvalue weighted by Crippen LogP contribution is -2.35. The van der Waals surface area contributed by atoms with Crippen molar-refractivity contribution in [3.05, 3.63) is 0 Å². The highest BCUT2D eigenvalue weighted by molar-refractivity contribution is 4.88. The van der Waals surface area contributed by atoms with Crippen LogP contribution in [0.3, 0.4) is 0 Å². The van der Waals surface area contributed by atoms with Gasteiger partial charge in [0.15, 0.2) is 5.79 Å². The lowest BCUT2D eigenvalue weighted by atomic mass is 9.89. The van der Waals surface area contributed by atoms with E-state index in [9.17, 15) is 5.11 Å². The molecule has 1 fully saturated rings. The van der Waals surface area contributed by atoms with Crippen molar-refractivity contribution in [2.45, 2.75) is 51.9 Å². The maximum atomic E-state index is 9.56. The van der Waals surface area contributed by atoms with Crippen molar-refractivity contribution in [3.63, 3.8) is 0 Å². The second-order valence-corrected chi connectivity index (χ2v) is 4.24. The molecule has 0 unspecified atom stereocenters. The Labute approximate surface area is 68.6 Å². The number of hydrogen-bond donors (Lipinski definition) is 1. The largest absolute Gasteiger partial charge is 0.366 e. The first kappa shape index (κ1) is 9.01. The first-order valence-corrected chi connectivity index (χ1v) is 4.28. The number of ether oxygens (including phenoxy) is 1. The Hall–Kier alpha value is -0.0800. The summed E-state index contributed by atoms with van der Waals surface area (Å²) in [5.41, 5.74) is -0.122. The third-order valence-corrected chi connectivity index (χ3v) is 2.76. The summed E-state index contributed by atoms with van der Waals surface area (Å²) in [5.74, 6) is -0.421. The molecule has 2 nitrogen and oxygen atoms in total. The van der Waals surface area contributed by atoms with Crippen LogP contribution >= 0.6 is 0 Å². The van der Waals surface area contributed by atoms with Gasteiger partial charge in [-0.1, -0.05) is 13.8 Å². The molecule has 1 saturated heterocycles. The molecule has 0 aromatic heterocycles. The van der Waals surface area contributed by atoms with Crippen LogP contribution in [-0.4, -0.2) is 16.5 Å². The molecule has 0 spiro atoms. The Morgan fingerprint density at radius 2 is 1.82 bits per heavy atom. The Kier molecular flexibility index (Phi) is 2.01. The summed E-state index contributed by atoms with van der Waals surface area (Å²) in [7, 11) is 0. The average Bonchev–Trinajstić information content (AvgIpc) is 2.08. The lowest BCUT2D eigenvalue weighted by Gasteiger charge is -2.30. The van der Waals surface area contributed by atoms with Crippen molar-refractivity contribution in [2.75, 3.05) is 0 Å². The van der Waals surface area contributed by atoms with Crippen LogP contribution in [-0.2, 0) is 4.74 Å². The zero-order valence-corrected chi connectivity index (χ0v) is 7.85. The molecule has 2 atom stereocenters. The van der Waals surface area contributed by atoms with Gasteiger partial charge in [0.2, 0.25) is 0 Å². The second-order valence-electron chi connectivity index (χ2n) is 4.24. The van der Waals surface area contributed by atoms with E-state index in [4.69, 9.17) is 4.74 Å². The summed E-state index contributed by atoms with van der Waals surface area (Å²) in [6, 6.07) is 0. The van der Waals surface area contributed by atoms with Gasteiger partial charge in [0, 0.05) is 6.42 Å². The molecular weight excluding hydrogens is 140 g/mol. The van der Waals surface area contributed by atoms with E-state index in [2.05, 4.69) is 20.8 Å². The fraction of sp³-hybridized carbons (Fsp3) is 1.00. The minimum Gasteiger partial charge on any atom is -0.366 e. The highest BCUT2D eigenvalue weighted by Crippen LogP contribution is 2.40. The van der Waals surface area contributed by atoms with Crippen molar-refractivity contribution in [2.24, 2.45) is 5.92 Å². The maximum Gasteiger partial charge on any atom is 0.163 e. The highest BCUT2D eigenvalue weighted by atomic mass is 16.6. The van der Waals surface area contributed by atoms with E-state index < -0.39 is 5.79 Å². The van der Waals surface area contributed by atoms with Crippen LogP contribution < -0.4 is 0 Å². The lowest BCUT2D eigenvalue weighted by molar-refractivity contribution is -0.217. The van der Waals surface area contributed by atoms with Crippen molar-refractivity contribution >= 4 is 0 Å². The molecule has 66 valence electrons. The molecule has 2 heteroatoms. The first-order chi connectivity index (χ1) is 4.86. The third kappa shape index (κ3) is 1.74. The predicted octanol–water partition coefficient (Wildman–Crippen LogP) is 1.92. The molecular formula is C9H18O2. The van der Waals surface area contributed by atoms with Gasteiger partial charge in [-0.25, -0.2) is 0 Å².